The van der Waals surface area contributed by atoms with E-state index in [-0.39, 0.29) is 0 Å². The van der Waals surface area contributed by atoms with Gasteiger partial charge in [0.15, 0.2) is 0 Å². The van der Waals surface area contributed by atoms with Crippen LogP contribution >= 0.6 is 11.8 Å². The summed E-state index contributed by atoms with van der Waals surface area (Å²) in [4.78, 5) is 0. The van der Waals surface area contributed by atoms with E-state index in [2.05, 4.69) is 0 Å². The van der Waals surface area contributed by atoms with Gasteiger partial charge < -0.3 is 4.74 Å². The minimum Gasteiger partial charge on any atom is -0.496 e. The van der Waals surface area contributed by atoms with Crippen LogP contribution in [0.2, 0.25) is 0 Å². The van der Waals surface area contributed by atoms with Crippen molar-refractivity contribution in [2.24, 2.45) is 0 Å². The highest BCUT2D eigenvalue weighted by Gasteiger charge is 1.94. The molecule has 0 aliphatic carbocycles. The van der Waals surface area contributed by atoms with Crippen molar-refractivity contribution < 1.29 is 4.74 Å². The van der Waals surface area contributed by atoms with E-state index in [0.29, 0.717) is 0 Å². The van der Waals surface area contributed by atoms with Gasteiger partial charge in [-0.05, 0) is 23.8 Å². The molecule has 1 aromatic rings. The Morgan fingerprint density at radius 2 is 2.08 bits per heavy atom. The maximum atomic E-state index is 5.18. The highest BCUT2D eigenvalue weighted by atomic mass is 32.2. The molecule has 0 aromatic heterocycles. The van der Waals surface area contributed by atoms with Crippen molar-refractivity contribution >= 4 is 17.8 Å². The number of methoxy groups -OCH3 is 1. The van der Waals surface area contributed by atoms with Crippen molar-refractivity contribution in [2.45, 2.75) is 0 Å². The van der Waals surface area contributed by atoms with E-state index in [4.69, 9.17) is 4.74 Å². The summed E-state index contributed by atoms with van der Waals surface area (Å²) in [6.07, 6.45) is 4.08. The molecule has 0 radical (unpaired) electrons. The first-order valence-corrected chi connectivity index (χ1v) is 4.99. The van der Waals surface area contributed by atoms with E-state index in [0.717, 1.165) is 11.3 Å². The SMILES string of the molecule is COc1ccccc1C=CSC. The highest BCUT2D eigenvalue weighted by molar-refractivity contribution is 8.01. The minimum absolute atomic E-state index is 0.919. The first-order valence-electron chi connectivity index (χ1n) is 3.71. The van der Waals surface area contributed by atoms with Crippen LogP contribution in [0, 0.1) is 0 Å². The van der Waals surface area contributed by atoms with Crippen LogP contribution < -0.4 is 4.74 Å². The zero-order valence-corrected chi connectivity index (χ0v) is 8.10. The maximum Gasteiger partial charge on any atom is 0.126 e. The lowest BCUT2D eigenvalue weighted by atomic mass is 10.2. The van der Waals surface area contributed by atoms with Crippen molar-refractivity contribution in [3.63, 3.8) is 0 Å². The lowest BCUT2D eigenvalue weighted by Gasteiger charge is -2.02. The summed E-state index contributed by atoms with van der Waals surface area (Å²) < 4.78 is 5.18. The summed E-state index contributed by atoms with van der Waals surface area (Å²) >= 11 is 1.68. The van der Waals surface area contributed by atoms with E-state index in [1.807, 2.05) is 42.0 Å². The van der Waals surface area contributed by atoms with Crippen molar-refractivity contribution in [1.29, 1.82) is 0 Å². The topological polar surface area (TPSA) is 9.23 Å². The lowest BCUT2D eigenvalue weighted by molar-refractivity contribution is 0.414. The number of hydrogen-bond acceptors (Lipinski definition) is 2. The molecule has 1 rings (SSSR count). The van der Waals surface area contributed by atoms with Crippen molar-refractivity contribution in [1.82, 2.24) is 0 Å². The molecule has 0 unspecified atom stereocenters. The first kappa shape index (κ1) is 9.20. The summed E-state index contributed by atoms with van der Waals surface area (Å²) in [7, 11) is 1.69. The van der Waals surface area contributed by atoms with Gasteiger partial charge in [0, 0.05) is 5.56 Å². The molecule has 1 aromatic carbocycles. The Labute approximate surface area is 77.4 Å². The molecule has 1 nitrogen and oxygen atoms in total. The third-order valence-electron chi connectivity index (χ3n) is 1.52. The second-order valence-corrected chi connectivity index (χ2v) is 3.02. The number of benzene rings is 1. The zero-order valence-electron chi connectivity index (χ0n) is 7.28. The monoisotopic (exact) mass is 180 g/mol. The van der Waals surface area contributed by atoms with Crippen LogP contribution in [0.1, 0.15) is 5.56 Å². The number of ether oxygens (including phenoxy) is 1. The smallest absolute Gasteiger partial charge is 0.126 e. The predicted octanol–water partition coefficient (Wildman–Crippen LogP) is 3.03. The molecule has 12 heavy (non-hydrogen) atoms. The fourth-order valence-electron chi connectivity index (χ4n) is 0.945. The number of rotatable bonds is 3. The second-order valence-electron chi connectivity index (χ2n) is 2.28. The normalized spacial score (nSPS) is 10.5. The number of para-hydroxylation sites is 1. The molecule has 0 N–H and O–H groups in total. The van der Waals surface area contributed by atoms with Gasteiger partial charge in [-0.15, -0.1) is 11.8 Å². The van der Waals surface area contributed by atoms with Crippen LogP contribution in [0.15, 0.2) is 29.7 Å². The summed E-state index contributed by atoms with van der Waals surface area (Å²) in [6, 6.07) is 7.96. The Morgan fingerprint density at radius 3 is 2.75 bits per heavy atom. The van der Waals surface area contributed by atoms with Crippen molar-refractivity contribution in [3.8, 4) is 5.75 Å². The standard InChI is InChI=1S/C10H12OS/c1-11-10-6-4-3-5-9(10)7-8-12-2/h3-8H,1-2H3. The van der Waals surface area contributed by atoms with Crippen LogP contribution in [0.25, 0.3) is 6.08 Å². The van der Waals surface area contributed by atoms with Crippen LogP contribution in [-0.2, 0) is 0 Å². The maximum absolute atomic E-state index is 5.18. The molecular formula is C10H12OS. The molecule has 0 spiro atoms. The molecule has 0 bridgehead atoms. The van der Waals surface area contributed by atoms with Gasteiger partial charge in [0.05, 0.1) is 7.11 Å². The van der Waals surface area contributed by atoms with Crippen LogP contribution in [-0.4, -0.2) is 13.4 Å². The van der Waals surface area contributed by atoms with Crippen molar-refractivity contribution in [2.75, 3.05) is 13.4 Å². The summed E-state index contributed by atoms with van der Waals surface area (Å²) in [6.45, 7) is 0. The molecule has 0 aliphatic rings. The van der Waals surface area contributed by atoms with Gasteiger partial charge >= 0.3 is 0 Å². The van der Waals surface area contributed by atoms with E-state index in [9.17, 15) is 0 Å². The van der Waals surface area contributed by atoms with E-state index < -0.39 is 0 Å². The van der Waals surface area contributed by atoms with Crippen LogP contribution in [0.4, 0.5) is 0 Å². The molecule has 64 valence electrons. The quantitative estimate of drug-likeness (QED) is 0.707. The predicted molar refractivity (Wildman–Crippen MR) is 55.5 cm³/mol. The Hall–Kier alpha value is -0.890. The molecule has 0 atom stereocenters. The Bertz CT molecular complexity index is 268. The van der Waals surface area contributed by atoms with Gasteiger partial charge in [-0.25, -0.2) is 0 Å². The Morgan fingerprint density at radius 1 is 1.33 bits per heavy atom. The van der Waals surface area contributed by atoms with Crippen LogP contribution in [0.3, 0.4) is 0 Å². The summed E-state index contributed by atoms with van der Waals surface area (Å²) in [5.41, 5.74) is 1.12. The summed E-state index contributed by atoms with van der Waals surface area (Å²) in [5.74, 6) is 0.919. The third kappa shape index (κ3) is 2.31. The van der Waals surface area contributed by atoms with Crippen LogP contribution in [0.5, 0.6) is 5.75 Å². The molecule has 2 heteroatoms. The average Bonchev–Trinajstić information content (AvgIpc) is 2.15. The van der Waals surface area contributed by atoms with Gasteiger partial charge in [-0.3, -0.25) is 0 Å². The van der Waals surface area contributed by atoms with E-state index in [1.54, 1.807) is 18.9 Å². The molecule has 0 aliphatic heterocycles. The Kier molecular flexibility index (Phi) is 3.74. The van der Waals surface area contributed by atoms with Gasteiger partial charge in [-0.2, -0.15) is 0 Å². The van der Waals surface area contributed by atoms with Crippen molar-refractivity contribution in [3.05, 3.63) is 35.2 Å². The van der Waals surface area contributed by atoms with Gasteiger partial charge in [0.25, 0.3) is 0 Å². The van der Waals surface area contributed by atoms with Gasteiger partial charge in [0.1, 0.15) is 5.75 Å². The minimum atomic E-state index is 0.919. The fourth-order valence-corrected chi connectivity index (χ4v) is 1.23. The molecule has 0 amide bonds. The molecule has 0 fully saturated rings. The zero-order chi connectivity index (χ0) is 8.81. The molecule has 0 heterocycles. The molecule has 0 saturated carbocycles. The summed E-state index contributed by atoms with van der Waals surface area (Å²) in [5, 5.41) is 2.04. The first-order chi connectivity index (χ1) is 5.88. The van der Waals surface area contributed by atoms with E-state index in [1.165, 1.54) is 0 Å². The van der Waals surface area contributed by atoms with E-state index >= 15 is 0 Å². The Balaban J connectivity index is 2.89. The molecule has 0 saturated heterocycles. The third-order valence-corrected chi connectivity index (χ3v) is 1.93. The number of hydrogen-bond donors (Lipinski definition) is 0. The largest absolute Gasteiger partial charge is 0.496 e. The highest BCUT2D eigenvalue weighted by Crippen LogP contribution is 2.19. The average molecular weight is 180 g/mol. The molecular weight excluding hydrogens is 168 g/mol. The second kappa shape index (κ2) is 4.88. The number of thioether (sulfide) groups is 1. The lowest BCUT2D eigenvalue weighted by Crippen LogP contribution is -1.84. The van der Waals surface area contributed by atoms with Gasteiger partial charge in [-0.1, -0.05) is 18.2 Å². The fraction of sp³-hybridized carbons (Fsp3) is 0.200. The van der Waals surface area contributed by atoms with Gasteiger partial charge in [0.2, 0.25) is 0 Å².